The predicted octanol–water partition coefficient (Wildman–Crippen LogP) is 8.43. The van der Waals surface area contributed by atoms with Crippen LogP contribution in [-0.2, 0) is 66.2 Å². The van der Waals surface area contributed by atoms with Gasteiger partial charge in [-0.1, -0.05) is 259 Å². The highest BCUT2D eigenvalue weighted by atomic mass is 31.2. The molecule has 15 N–H and O–H groups in total. The average molecular weight is 1550 g/mol. The minimum Gasteiger partial charge on any atom is -0.477 e. The molecule has 19 atom stereocenters. The zero-order valence-corrected chi connectivity index (χ0v) is 65.2. The second-order valence-electron chi connectivity index (χ2n) is 30.0. The number of phosphoric acid groups is 1. The lowest BCUT2D eigenvalue weighted by Gasteiger charge is -2.48. The Bertz CT molecular complexity index is 2380. The number of phosphoric ester groups is 1. The van der Waals surface area contributed by atoms with Crippen LogP contribution in [0, 0.1) is 0 Å². The first-order valence-corrected chi connectivity index (χ1v) is 42.2. The van der Waals surface area contributed by atoms with E-state index in [9.17, 15) is 94.5 Å². The van der Waals surface area contributed by atoms with Crippen LogP contribution in [0.3, 0.4) is 0 Å². The van der Waals surface area contributed by atoms with Crippen LogP contribution in [-0.4, -0.2) is 231 Å². The number of hydrogen-bond acceptors (Lipinski definition) is 24. The Morgan fingerprint density at radius 2 is 0.840 bits per heavy atom. The maximum atomic E-state index is 14.4. The van der Waals surface area contributed by atoms with Crippen molar-refractivity contribution in [3.63, 3.8) is 0 Å². The largest absolute Gasteiger partial charge is 0.477 e. The number of nitrogens with one attached hydrogen (secondary N) is 2. The minimum atomic E-state index is -5.85. The Labute approximate surface area is 630 Å². The van der Waals surface area contributed by atoms with Crippen LogP contribution in [0.5, 0.6) is 0 Å². The van der Waals surface area contributed by atoms with E-state index in [4.69, 9.17) is 37.7 Å². The molecule has 622 valence electrons. The summed E-state index contributed by atoms with van der Waals surface area (Å²) in [4.78, 5) is 90.9. The zero-order chi connectivity index (χ0) is 78.3. The number of esters is 2. The van der Waals surface area contributed by atoms with Crippen LogP contribution in [0.15, 0.2) is 0 Å². The molecule has 0 aromatic carbocycles. The second-order valence-corrected chi connectivity index (χ2v) is 31.1. The smallest absolute Gasteiger partial charge is 0.470 e. The van der Waals surface area contributed by atoms with E-state index in [0.29, 0.717) is 25.7 Å². The summed E-state index contributed by atoms with van der Waals surface area (Å²) in [5, 5.41) is 127. The first-order chi connectivity index (χ1) is 50.7. The lowest BCUT2D eigenvalue weighted by atomic mass is 9.92. The number of unbranched alkanes of at least 4 members (excludes halogenated alkanes) is 32. The van der Waals surface area contributed by atoms with Gasteiger partial charge in [0.15, 0.2) is 24.8 Å². The van der Waals surface area contributed by atoms with Gasteiger partial charge in [0.25, 0.3) is 5.79 Å². The van der Waals surface area contributed by atoms with Gasteiger partial charge in [0.05, 0.1) is 76.0 Å². The van der Waals surface area contributed by atoms with Crippen molar-refractivity contribution in [1.82, 2.24) is 10.6 Å². The number of amides is 2. The van der Waals surface area contributed by atoms with Crippen molar-refractivity contribution in [3.8, 4) is 0 Å². The third kappa shape index (κ3) is 39.9. The summed E-state index contributed by atoms with van der Waals surface area (Å²) in [5.74, 6) is -9.14. The van der Waals surface area contributed by atoms with E-state index in [1.165, 1.54) is 19.3 Å². The molecular weight excluding hydrogens is 1400 g/mol. The molecule has 0 aromatic heterocycles. The Hall–Kier alpha value is -3.14. The Balaban J connectivity index is 2.11. The zero-order valence-electron chi connectivity index (χ0n) is 64.3. The van der Waals surface area contributed by atoms with Crippen molar-refractivity contribution < 1.29 is 132 Å². The van der Waals surface area contributed by atoms with Gasteiger partial charge < -0.3 is 110 Å². The monoisotopic (exact) mass is 1540 g/mol. The van der Waals surface area contributed by atoms with Gasteiger partial charge in [-0.05, 0) is 25.7 Å². The van der Waals surface area contributed by atoms with Crippen LogP contribution >= 0.6 is 7.82 Å². The van der Waals surface area contributed by atoms with Gasteiger partial charge in [0, 0.05) is 6.42 Å². The van der Waals surface area contributed by atoms with Crippen molar-refractivity contribution in [2.45, 2.75) is 433 Å². The molecule has 3 aliphatic rings. The molecule has 29 nitrogen and oxygen atoms in total. The molecular formula is C76H141N2O27P. The Morgan fingerprint density at radius 3 is 1.22 bits per heavy atom. The van der Waals surface area contributed by atoms with Crippen LogP contribution in [0.4, 0.5) is 0 Å². The highest BCUT2D eigenvalue weighted by Crippen LogP contribution is 2.44. The standard InChI is InChI=1S/C76H141N2O27P/c1-5-9-13-17-21-25-29-33-37-41-53(80)45-61(86)77-65-71(102-63(88)47-55(82)43-39-35-31-27-23-19-15-11-7-3)68(91)59(100-73(65)92)51-98-74-66(78-62(87)46-54(81)42-38-34-30-26-22-18-14-10-6-2)72(103-64(89)48-56(83)44-40-36-32-28-24-20-16-12-8-4)70(105-106(95,96)97)60(101-74)52-99-76(75(93)94)49-57(84)67(90)69(104-76)58(85)50-79/h53-60,65-74,79-85,90-92H,5-52H2,1-4H3,(H,77,86)(H,78,87)(H,93,94)(H2,95,96,97)/t53-,54-,55-,56-,57-,58-,59-,60-,65-,66-,67-,68-,69-,70-,71-,72-,73+,74-,76-/m1/s1. The number of aliphatic hydroxyl groups excluding tert-OH is 10. The van der Waals surface area contributed by atoms with Crippen molar-refractivity contribution in [2.24, 2.45) is 0 Å². The molecule has 0 aliphatic carbocycles. The number of aliphatic carboxylic acids is 1. The van der Waals surface area contributed by atoms with Crippen molar-refractivity contribution >= 4 is 37.5 Å². The number of carbonyl (C=O) groups is 5. The number of hydrogen-bond donors (Lipinski definition) is 15. The second kappa shape index (κ2) is 56.1. The first kappa shape index (κ1) is 97.1. The van der Waals surface area contributed by atoms with Crippen LogP contribution < -0.4 is 10.6 Å². The molecule has 3 fully saturated rings. The lowest BCUT2D eigenvalue weighted by molar-refractivity contribution is -0.341. The van der Waals surface area contributed by atoms with E-state index in [0.717, 1.165) is 186 Å². The average Bonchev–Trinajstić information content (AvgIpc) is 0.773. The van der Waals surface area contributed by atoms with Gasteiger partial charge in [-0.15, -0.1) is 0 Å². The highest BCUT2D eigenvalue weighted by molar-refractivity contribution is 7.46. The van der Waals surface area contributed by atoms with E-state index in [2.05, 4.69) is 38.3 Å². The van der Waals surface area contributed by atoms with Crippen LogP contribution in [0.2, 0.25) is 0 Å². The van der Waals surface area contributed by atoms with Crippen molar-refractivity contribution in [2.75, 3.05) is 19.8 Å². The number of carbonyl (C=O) groups excluding carboxylic acids is 4. The molecule has 3 heterocycles. The highest BCUT2D eigenvalue weighted by Gasteiger charge is 2.58. The molecule has 3 rings (SSSR count). The number of carboxylic acid groups (broad SMARTS) is 1. The number of rotatable bonds is 63. The van der Waals surface area contributed by atoms with E-state index in [-0.39, 0.29) is 25.7 Å². The summed E-state index contributed by atoms with van der Waals surface area (Å²) in [6, 6.07) is -3.73. The van der Waals surface area contributed by atoms with Crippen LogP contribution in [0.25, 0.3) is 0 Å². The van der Waals surface area contributed by atoms with E-state index >= 15 is 0 Å². The van der Waals surface area contributed by atoms with Crippen molar-refractivity contribution in [1.29, 1.82) is 0 Å². The molecule has 0 bridgehead atoms. The predicted molar refractivity (Wildman–Crippen MR) is 393 cm³/mol. The van der Waals surface area contributed by atoms with Gasteiger partial charge in [-0.2, -0.15) is 0 Å². The van der Waals surface area contributed by atoms with E-state index < -0.39 is 205 Å². The molecule has 3 saturated heterocycles. The van der Waals surface area contributed by atoms with Gasteiger partial charge in [0.1, 0.15) is 54.8 Å². The van der Waals surface area contributed by atoms with Crippen LogP contribution in [0.1, 0.15) is 317 Å². The fourth-order valence-electron chi connectivity index (χ4n) is 14.1. The van der Waals surface area contributed by atoms with E-state index in [1.807, 2.05) is 0 Å². The molecule has 0 unspecified atom stereocenters. The fraction of sp³-hybridized carbons (Fsp3) is 0.934. The quantitative estimate of drug-likeness (QED) is 0.0154. The summed E-state index contributed by atoms with van der Waals surface area (Å²) in [5.41, 5.74) is 0. The van der Waals surface area contributed by atoms with Crippen molar-refractivity contribution in [3.05, 3.63) is 0 Å². The molecule has 0 radical (unpaired) electrons. The molecule has 0 saturated carbocycles. The first-order valence-electron chi connectivity index (χ1n) is 40.7. The summed E-state index contributed by atoms with van der Waals surface area (Å²) in [6.45, 7) is 5.22. The van der Waals surface area contributed by atoms with Gasteiger partial charge in [-0.3, -0.25) is 23.7 Å². The SMILES string of the molecule is CCCCCCCCCCC[C@@H](O)CC(=O)N[C@@H]1[C@@H](OC(=O)C[C@H](O)CCCCCCCCCCC)[C@H](O)[C@@H](CO[C@@H]2O[C@H](CO[C@]3(C(=O)O)C[C@@H](O)[C@@H](O)[C@@H]([C@H](O)CO)O3)[C@@H](OP(=O)(O)O)[C@H](OC(=O)C[C@H](O)CCCCCCCCCCC)[C@H]2NC(=O)C[C@H](O)CCCCCCCCCCC)O[C@@H]1O. The van der Waals surface area contributed by atoms with Gasteiger partial charge in [-0.25, -0.2) is 9.36 Å². The summed E-state index contributed by atoms with van der Waals surface area (Å²) < 4.78 is 60.3. The minimum absolute atomic E-state index is 0.113. The number of aliphatic hydroxyl groups is 10. The third-order valence-corrected chi connectivity index (χ3v) is 20.8. The maximum Gasteiger partial charge on any atom is 0.470 e. The molecule has 2 amide bonds. The normalized spacial score (nSPS) is 26.4. The summed E-state index contributed by atoms with van der Waals surface area (Å²) >= 11 is 0. The topological polar surface area (TPSA) is 463 Å². The summed E-state index contributed by atoms with van der Waals surface area (Å²) in [7, 11) is -5.85. The maximum absolute atomic E-state index is 14.4. The lowest BCUT2D eigenvalue weighted by Crippen LogP contribution is -2.68. The molecule has 106 heavy (non-hydrogen) atoms. The molecule has 0 aromatic rings. The number of ether oxygens (including phenoxy) is 7. The summed E-state index contributed by atoms with van der Waals surface area (Å²) in [6.07, 6.45) is 2.89. The Kier molecular flexibility index (Phi) is 51.4. The van der Waals surface area contributed by atoms with Gasteiger partial charge >= 0.3 is 25.7 Å². The van der Waals surface area contributed by atoms with E-state index in [1.54, 1.807) is 0 Å². The van der Waals surface area contributed by atoms with Gasteiger partial charge in [0.2, 0.25) is 11.8 Å². The number of carboxylic acids is 1. The Morgan fingerprint density at radius 1 is 0.472 bits per heavy atom. The molecule has 30 heteroatoms. The molecule has 0 spiro atoms. The third-order valence-electron chi connectivity index (χ3n) is 20.3. The molecule has 3 aliphatic heterocycles. The fourth-order valence-corrected chi connectivity index (χ4v) is 14.6.